The monoisotopic (exact) mass is 1080 g/mol. The van der Waals surface area contributed by atoms with Gasteiger partial charge in [0.25, 0.3) is 0 Å². The van der Waals surface area contributed by atoms with Crippen LogP contribution in [0.4, 0.5) is 0 Å². The summed E-state index contributed by atoms with van der Waals surface area (Å²) in [5.41, 5.74) is 0. The van der Waals surface area contributed by atoms with Crippen LogP contribution in [0.15, 0.2) is 24.3 Å². The van der Waals surface area contributed by atoms with Crippen LogP contribution >= 0.6 is 0 Å². The molecule has 0 aromatic carbocycles. The highest BCUT2D eigenvalue weighted by atomic mass is 16.7. The zero-order valence-electron chi connectivity index (χ0n) is 49.5. The molecular formula is C65H125NO10. The molecule has 1 amide bonds. The van der Waals surface area contributed by atoms with Gasteiger partial charge in [-0.15, -0.1) is 0 Å². The van der Waals surface area contributed by atoms with Gasteiger partial charge in [-0.3, -0.25) is 4.79 Å². The van der Waals surface area contributed by atoms with Gasteiger partial charge < -0.3 is 50.5 Å². The predicted octanol–water partition coefficient (Wildman–Crippen LogP) is 14.9. The molecule has 0 saturated carbocycles. The molecule has 1 heterocycles. The Balaban J connectivity index is 2.26. The van der Waals surface area contributed by atoms with Crippen LogP contribution in [0.3, 0.4) is 0 Å². The lowest BCUT2D eigenvalue weighted by molar-refractivity contribution is -0.303. The zero-order chi connectivity index (χ0) is 55.4. The second-order valence-corrected chi connectivity index (χ2v) is 23.2. The van der Waals surface area contributed by atoms with E-state index in [1.807, 2.05) is 0 Å². The van der Waals surface area contributed by atoms with E-state index >= 15 is 0 Å². The average molecular weight is 1080 g/mol. The number of nitrogens with one attached hydrogen (secondary N) is 1. The molecule has 1 aliphatic rings. The van der Waals surface area contributed by atoms with Crippen LogP contribution in [-0.4, -0.2) is 110 Å². The number of unbranched alkanes of at least 4 members (excludes halogenated alkanes) is 41. The minimum absolute atomic E-state index is 0.253. The Kier molecular flexibility index (Phi) is 51.8. The number of carbonyl (C=O) groups excluding carboxylic acids is 1. The smallest absolute Gasteiger partial charge is 0.249 e. The normalized spacial score (nSPS) is 19.7. The van der Waals surface area contributed by atoms with Crippen LogP contribution in [0.5, 0.6) is 0 Å². The first-order valence-corrected chi connectivity index (χ1v) is 32.7. The molecule has 0 bridgehead atoms. The summed E-state index contributed by atoms with van der Waals surface area (Å²) in [6.45, 7) is 3.49. The molecular weight excluding hydrogens is 955 g/mol. The van der Waals surface area contributed by atoms with Crippen LogP contribution in [0, 0.1) is 0 Å². The van der Waals surface area contributed by atoms with Crippen molar-refractivity contribution in [2.24, 2.45) is 0 Å². The van der Waals surface area contributed by atoms with Gasteiger partial charge in [0.2, 0.25) is 5.91 Å². The second-order valence-electron chi connectivity index (χ2n) is 23.2. The second kappa shape index (κ2) is 54.2. The molecule has 0 aromatic rings. The number of aliphatic hydroxyl groups is 7. The molecule has 76 heavy (non-hydrogen) atoms. The zero-order valence-corrected chi connectivity index (χ0v) is 49.5. The topological polar surface area (TPSA) is 189 Å². The molecule has 9 unspecified atom stereocenters. The number of aliphatic hydroxyl groups excluding tert-OH is 7. The Morgan fingerprint density at radius 2 is 0.776 bits per heavy atom. The van der Waals surface area contributed by atoms with Crippen LogP contribution in [-0.2, 0) is 14.3 Å². The quantitative estimate of drug-likeness (QED) is 0.0215. The van der Waals surface area contributed by atoms with Crippen molar-refractivity contribution in [1.29, 1.82) is 0 Å². The van der Waals surface area contributed by atoms with E-state index in [0.29, 0.717) is 12.8 Å². The van der Waals surface area contributed by atoms with Gasteiger partial charge in [-0.25, -0.2) is 0 Å². The van der Waals surface area contributed by atoms with E-state index in [1.54, 1.807) is 0 Å². The van der Waals surface area contributed by atoms with Gasteiger partial charge in [-0.05, 0) is 64.2 Å². The van der Waals surface area contributed by atoms with Gasteiger partial charge in [0.1, 0.15) is 36.6 Å². The van der Waals surface area contributed by atoms with Gasteiger partial charge in [0.15, 0.2) is 6.29 Å². The molecule has 0 aliphatic carbocycles. The maximum Gasteiger partial charge on any atom is 0.249 e. The number of hydrogen-bond donors (Lipinski definition) is 8. The molecule has 0 spiro atoms. The number of hydrogen-bond acceptors (Lipinski definition) is 10. The first kappa shape index (κ1) is 72.6. The summed E-state index contributed by atoms with van der Waals surface area (Å²) in [7, 11) is 0. The number of carbonyl (C=O) groups is 1. The van der Waals surface area contributed by atoms with Gasteiger partial charge in [-0.2, -0.15) is 0 Å². The number of rotatable bonds is 57. The maximum atomic E-state index is 13.2. The minimum Gasteiger partial charge on any atom is -0.394 e. The van der Waals surface area contributed by atoms with Crippen molar-refractivity contribution in [2.45, 2.75) is 371 Å². The predicted molar refractivity (Wildman–Crippen MR) is 316 cm³/mol. The summed E-state index contributed by atoms with van der Waals surface area (Å²) in [6.07, 6.45) is 55.3. The summed E-state index contributed by atoms with van der Waals surface area (Å²) in [5.74, 6) is -0.703. The Morgan fingerprint density at radius 1 is 0.447 bits per heavy atom. The molecule has 1 rings (SSSR count). The summed E-state index contributed by atoms with van der Waals surface area (Å²) in [5, 5.41) is 76.3. The highest BCUT2D eigenvalue weighted by Crippen LogP contribution is 2.24. The third-order valence-electron chi connectivity index (χ3n) is 16.0. The van der Waals surface area contributed by atoms with Crippen molar-refractivity contribution in [3.05, 3.63) is 24.3 Å². The van der Waals surface area contributed by atoms with Crippen LogP contribution < -0.4 is 5.32 Å². The lowest BCUT2D eigenvalue weighted by Gasteiger charge is -2.40. The Bertz CT molecular complexity index is 1280. The van der Waals surface area contributed by atoms with Crippen molar-refractivity contribution in [3.8, 4) is 0 Å². The molecule has 11 nitrogen and oxygen atoms in total. The fourth-order valence-corrected chi connectivity index (χ4v) is 10.7. The molecule has 11 heteroatoms. The number of amides is 1. The van der Waals surface area contributed by atoms with Crippen molar-refractivity contribution < 1.29 is 50.0 Å². The maximum absolute atomic E-state index is 13.2. The third kappa shape index (κ3) is 41.6. The largest absolute Gasteiger partial charge is 0.394 e. The fourth-order valence-electron chi connectivity index (χ4n) is 10.7. The van der Waals surface area contributed by atoms with Crippen molar-refractivity contribution in [1.82, 2.24) is 5.32 Å². The van der Waals surface area contributed by atoms with Crippen molar-refractivity contribution in [3.63, 3.8) is 0 Å². The minimum atomic E-state index is -1.67. The van der Waals surface area contributed by atoms with Crippen molar-refractivity contribution >= 4 is 5.91 Å². The van der Waals surface area contributed by atoms with Crippen molar-refractivity contribution in [2.75, 3.05) is 13.2 Å². The molecule has 1 aliphatic heterocycles. The molecule has 0 aromatic heterocycles. The van der Waals surface area contributed by atoms with E-state index in [-0.39, 0.29) is 12.8 Å². The Labute approximate surface area is 467 Å². The Hall–Kier alpha value is -1.41. The van der Waals surface area contributed by atoms with E-state index in [1.165, 1.54) is 238 Å². The van der Waals surface area contributed by atoms with E-state index in [2.05, 4.69) is 43.5 Å². The number of allylic oxidation sites excluding steroid dienone is 4. The Morgan fingerprint density at radius 3 is 1.13 bits per heavy atom. The fraction of sp³-hybridized carbons (Fsp3) is 0.923. The van der Waals surface area contributed by atoms with Gasteiger partial charge in [0.05, 0.1) is 25.4 Å². The summed E-state index contributed by atoms with van der Waals surface area (Å²) in [6, 6.07) is -1.19. The summed E-state index contributed by atoms with van der Waals surface area (Å²) < 4.78 is 11.2. The van der Waals surface area contributed by atoms with Crippen LogP contribution in [0.1, 0.15) is 316 Å². The van der Waals surface area contributed by atoms with Gasteiger partial charge in [-0.1, -0.05) is 276 Å². The standard InChI is InChI=1S/C65H125NO10/c1-3-5-7-9-11-13-15-17-19-21-23-25-27-29-31-33-35-37-39-41-43-45-47-49-51-53-58(69)64(74)66-56(55-75-65-63(73)62(72)61(71)59(54-67)76-65)60(70)57(68)52-50-48-46-44-42-40-38-36-34-32-30-28-26-24-22-20-18-16-14-12-10-8-6-4-2/h29,31,44,46,56-63,65,67-73H,3-28,30,32-43,45,47-55H2,1-2H3,(H,66,74)/b31-29-,46-44+. The third-order valence-corrected chi connectivity index (χ3v) is 16.0. The lowest BCUT2D eigenvalue weighted by atomic mass is 9.98. The SMILES string of the molecule is CCCCCCCCCCCCCC/C=C\CCCCCCCCCCCC(O)C(=O)NC(COC1OC(CO)C(O)C(O)C1O)C(O)C(O)CCC/C=C/CCCCCCCCCCCCCCCCCCCCC. The van der Waals surface area contributed by atoms with Gasteiger partial charge in [0, 0.05) is 0 Å². The highest BCUT2D eigenvalue weighted by Gasteiger charge is 2.44. The average Bonchev–Trinajstić information content (AvgIpc) is 3.42. The molecule has 1 saturated heterocycles. The number of ether oxygens (including phenoxy) is 2. The summed E-state index contributed by atoms with van der Waals surface area (Å²) >= 11 is 0. The molecule has 0 radical (unpaired) electrons. The first-order valence-electron chi connectivity index (χ1n) is 32.7. The highest BCUT2D eigenvalue weighted by molar-refractivity contribution is 5.80. The molecule has 8 N–H and O–H groups in total. The van der Waals surface area contributed by atoms with E-state index < -0.39 is 74.2 Å². The molecule has 9 atom stereocenters. The van der Waals surface area contributed by atoms with E-state index in [9.17, 15) is 40.5 Å². The van der Waals surface area contributed by atoms with Gasteiger partial charge >= 0.3 is 0 Å². The summed E-state index contributed by atoms with van der Waals surface area (Å²) in [4.78, 5) is 13.2. The van der Waals surface area contributed by atoms with Crippen LogP contribution in [0.2, 0.25) is 0 Å². The van der Waals surface area contributed by atoms with Crippen LogP contribution in [0.25, 0.3) is 0 Å². The van der Waals surface area contributed by atoms with E-state index in [4.69, 9.17) is 9.47 Å². The molecule has 1 fully saturated rings. The van der Waals surface area contributed by atoms with E-state index in [0.717, 1.165) is 38.5 Å². The lowest BCUT2D eigenvalue weighted by Crippen LogP contribution is -2.60. The first-order chi connectivity index (χ1) is 37.2. The molecule has 450 valence electrons.